The maximum Gasteiger partial charge on any atom is 0.232 e. The summed E-state index contributed by atoms with van der Waals surface area (Å²) in [4.78, 5) is 12.0. The Bertz CT molecular complexity index is 887. The van der Waals surface area contributed by atoms with Crippen LogP contribution >= 0.6 is 0 Å². The van der Waals surface area contributed by atoms with Gasteiger partial charge in [-0.05, 0) is 36.2 Å². The number of ether oxygens (including phenoxy) is 1. The number of benzene rings is 2. The second-order valence-electron chi connectivity index (χ2n) is 6.02. The smallest absolute Gasteiger partial charge is 0.232 e. The Morgan fingerprint density at radius 1 is 1.19 bits per heavy atom. The van der Waals surface area contributed by atoms with Crippen molar-refractivity contribution in [2.24, 2.45) is 0 Å². The molecule has 0 aliphatic carbocycles. The van der Waals surface area contributed by atoms with Crippen molar-refractivity contribution in [2.75, 3.05) is 24.2 Å². The Labute approximate surface area is 159 Å². The average Bonchev–Trinajstić information content (AvgIpc) is 2.62. The van der Waals surface area contributed by atoms with Gasteiger partial charge in [-0.3, -0.25) is 9.10 Å². The predicted octanol–water partition coefficient (Wildman–Crippen LogP) is 2.70. The Morgan fingerprint density at radius 3 is 2.59 bits per heavy atom. The molecule has 0 heterocycles. The van der Waals surface area contributed by atoms with Crippen molar-refractivity contribution < 1.29 is 22.3 Å². The van der Waals surface area contributed by atoms with Crippen LogP contribution < -0.4 is 14.4 Å². The molecule has 0 aliphatic rings. The molecule has 2 aromatic carbocycles. The van der Waals surface area contributed by atoms with Crippen molar-refractivity contribution in [3.63, 3.8) is 0 Å². The van der Waals surface area contributed by atoms with Crippen LogP contribution in [0, 0.1) is 5.82 Å². The van der Waals surface area contributed by atoms with E-state index >= 15 is 0 Å². The fourth-order valence-corrected chi connectivity index (χ4v) is 3.59. The zero-order valence-electron chi connectivity index (χ0n) is 15.3. The summed E-state index contributed by atoms with van der Waals surface area (Å²) in [5.41, 5.74) is 1.10. The highest BCUT2D eigenvalue weighted by molar-refractivity contribution is 7.92. The van der Waals surface area contributed by atoms with E-state index in [9.17, 15) is 17.6 Å². The number of anilines is 1. The number of halogens is 1. The third-order valence-electron chi connectivity index (χ3n) is 3.90. The zero-order chi connectivity index (χ0) is 19.9. The summed E-state index contributed by atoms with van der Waals surface area (Å²) in [5.74, 6) is -0.145. The van der Waals surface area contributed by atoms with Gasteiger partial charge in [-0.2, -0.15) is 0 Å². The number of para-hydroxylation sites is 2. The topological polar surface area (TPSA) is 75.7 Å². The Hall–Kier alpha value is -2.61. The van der Waals surface area contributed by atoms with Gasteiger partial charge in [0.05, 0.1) is 19.1 Å². The lowest BCUT2D eigenvalue weighted by Crippen LogP contribution is -2.32. The predicted molar refractivity (Wildman–Crippen MR) is 103 cm³/mol. The van der Waals surface area contributed by atoms with Crippen LogP contribution in [-0.4, -0.2) is 34.2 Å². The van der Waals surface area contributed by atoms with Crippen molar-refractivity contribution in [3.05, 3.63) is 59.9 Å². The van der Waals surface area contributed by atoms with Crippen LogP contribution in [0.5, 0.6) is 5.75 Å². The lowest BCUT2D eigenvalue weighted by molar-refractivity contribution is -0.121. The summed E-state index contributed by atoms with van der Waals surface area (Å²) in [6, 6.07) is 12.8. The Kier molecular flexibility index (Phi) is 7.18. The first-order valence-corrected chi connectivity index (χ1v) is 10.3. The molecule has 8 heteroatoms. The first kappa shape index (κ1) is 20.7. The van der Waals surface area contributed by atoms with E-state index in [1.807, 2.05) is 0 Å². The molecule has 0 spiro atoms. The number of hydrogen-bond donors (Lipinski definition) is 1. The minimum absolute atomic E-state index is 0.145. The van der Waals surface area contributed by atoms with Gasteiger partial charge in [-0.25, -0.2) is 12.8 Å². The molecular weight excluding hydrogens is 371 g/mol. The van der Waals surface area contributed by atoms with E-state index in [4.69, 9.17) is 4.74 Å². The molecule has 146 valence electrons. The quantitative estimate of drug-likeness (QED) is 0.710. The molecule has 0 atom stereocenters. The molecule has 0 fully saturated rings. The standard InChI is InChI=1S/C19H23FN2O4S/c1-26-18-10-4-3-9-17(18)22(27(2,24)25)12-6-11-19(23)21-14-15-7-5-8-16(20)13-15/h3-5,7-10,13H,6,11-12,14H2,1-2H3,(H,21,23). The molecular formula is C19H23FN2O4S. The van der Waals surface area contributed by atoms with Crippen molar-refractivity contribution >= 4 is 21.6 Å². The third kappa shape index (κ3) is 6.25. The fourth-order valence-electron chi connectivity index (χ4n) is 2.62. The van der Waals surface area contributed by atoms with Crippen LogP contribution in [-0.2, 0) is 21.4 Å². The highest BCUT2D eigenvalue weighted by atomic mass is 32.2. The molecule has 0 saturated carbocycles. The maximum absolute atomic E-state index is 13.1. The number of rotatable bonds is 9. The first-order chi connectivity index (χ1) is 12.8. The van der Waals surface area contributed by atoms with Crippen LogP contribution in [0.3, 0.4) is 0 Å². The first-order valence-electron chi connectivity index (χ1n) is 8.43. The lowest BCUT2D eigenvalue weighted by Gasteiger charge is -2.24. The van der Waals surface area contributed by atoms with Gasteiger partial charge in [-0.1, -0.05) is 24.3 Å². The van der Waals surface area contributed by atoms with Crippen molar-refractivity contribution in [1.29, 1.82) is 0 Å². The fraction of sp³-hybridized carbons (Fsp3) is 0.316. The Morgan fingerprint density at radius 2 is 1.93 bits per heavy atom. The summed E-state index contributed by atoms with van der Waals surface area (Å²) in [6.45, 7) is 0.367. The van der Waals surface area contributed by atoms with Gasteiger partial charge in [0.1, 0.15) is 11.6 Å². The second-order valence-corrected chi connectivity index (χ2v) is 7.92. The average molecular weight is 394 g/mol. The summed E-state index contributed by atoms with van der Waals surface area (Å²) in [5, 5.41) is 2.70. The van der Waals surface area contributed by atoms with Gasteiger partial charge in [0, 0.05) is 19.5 Å². The van der Waals surface area contributed by atoms with E-state index in [1.165, 1.54) is 23.5 Å². The number of sulfonamides is 1. The molecule has 0 saturated heterocycles. The zero-order valence-corrected chi connectivity index (χ0v) is 16.1. The molecule has 6 nitrogen and oxygen atoms in total. The largest absolute Gasteiger partial charge is 0.495 e. The minimum atomic E-state index is -3.53. The summed E-state index contributed by atoms with van der Waals surface area (Å²) in [7, 11) is -2.06. The molecule has 27 heavy (non-hydrogen) atoms. The van der Waals surface area contributed by atoms with Gasteiger partial charge in [-0.15, -0.1) is 0 Å². The highest BCUT2D eigenvalue weighted by Crippen LogP contribution is 2.29. The number of methoxy groups -OCH3 is 1. The van der Waals surface area contributed by atoms with E-state index in [2.05, 4.69) is 5.32 Å². The van der Waals surface area contributed by atoms with Gasteiger partial charge in [0.15, 0.2) is 0 Å². The van der Waals surface area contributed by atoms with Crippen LogP contribution in [0.15, 0.2) is 48.5 Å². The monoisotopic (exact) mass is 394 g/mol. The summed E-state index contributed by atoms with van der Waals surface area (Å²) in [6.07, 6.45) is 1.60. The highest BCUT2D eigenvalue weighted by Gasteiger charge is 2.20. The normalized spacial score (nSPS) is 11.1. The number of hydrogen-bond acceptors (Lipinski definition) is 4. The maximum atomic E-state index is 13.1. The van der Waals surface area contributed by atoms with Gasteiger partial charge in [0.2, 0.25) is 15.9 Å². The Balaban J connectivity index is 1.93. The number of nitrogens with zero attached hydrogens (tertiary/aromatic N) is 1. The van der Waals surface area contributed by atoms with Crippen molar-refractivity contribution in [1.82, 2.24) is 5.32 Å². The minimum Gasteiger partial charge on any atom is -0.495 e. The summed E-state index contributed by atoms with van der Waals surface area (Å²) < 4.78 is 43.9. The van der Waals surface area contributed by atoms with E-state index in [-0.39, 0.29) is 31.2 Å². The molecule has 0 bridgehead atoms. The second kappa shape index (κ2) is 9.36. The molecule has 0 aromatic heterocycles. The molecule has 0 radical (unpaired) electrons. The van der Waals surface area contributed by atoms with Crippen LogP contribution in [0.25, 0.3) is 0 Å². The van der Waals surface area contributed by atoms with Crippen molar-refractivity contribution in [3.8, 4) is 5.75 Å². The SMILES string of the molecule is COc1ccccc1N(CCCC(=O)NCc1cccc(F)c1)S(C)(=O)=O. The van der Waals surface area contributed by atoms with E-state index < -0.39 is 10.0 Å². The van der Waals surface area contributed by atoms with E-state index in [1.54, 1.807) is 36.4 Å². The molecule has 2 rings (SSSR count). The lowest BCUT2D eigenvalue weighted by atomic mass is 10.2. The molecule has 0 aliphatic heterocycles. The molecule has 0 unspecified atom stereocenters. The number of nitrogens with one attached hydrogen (secondary N) is 1. The number of carbonyl (C=O) groups excluding carboxylic acids is 1. The van der Waals surface area contributed by atoms with Gasteiger partial charge in [0.25, 0.3) is 0 Å². The van der Waals surface area contributed by atoms with Gasteiger partial charge < -0.3 is 10.1 Å². The molecule has 2 aromatic rings. The van der Waals surface area contributed by atoms with Crippen LogP contribution in [0.2, 0.25) is 0 Å². The third-order valence-corrected chi connectivity index (χ3v) is 5.08. The molecule has 1 amide bonds. The summed E-state index contributed by atoms with van der Waals surface area (Å²) >= 11 is 0. The molecule has 1 N–H and O–H groups in total. The van der Waals surface area contributed by atoms with Crippen LogP contribution in [0.4, 0.5) is 10.1 Å². The van der Waals surface area contributed by atoms with E-state index in [0.29, 0.717) is 23.4 Å². The number of amides is 1. The van der Waals surface area contributed by atoms with Gasteiger partial charge >= 0.3 is 0 Å². The number of carbonyl (C=O) groups is 1. The van der Waals surface area contributed by atoms with E-state index in [0.717, 1.165) is 6.26 Å². The van der Waals surface area contributed by atoms with Crippen LogP contribution in [0.1, 0.15) is 18.4 Å². The van der Waals surface area contributed by atoms with Crippen molar-refractivity contribution in [2.45, 2.75) is 19.4 Å².